The van der Waals surface area contributed by atoms with Gasteiger partial charge in [0.15, 0.2) is 0 Å². The van der Waals surface area contributed by atoms with Crippen molar-refractivity contribution in [2.45, 2.75) is 24.3 Å². The van der Waals surface area contributed by atoms with Gasteiger partial charge in [0.2, 0.25) is 10.0 Å². The summed E-state index contributed by atoms with van der Waals surface area (Å²) in [5.74, 6) is 0.234. The molecular weight excluding hydrogens is 354 g/mol. The van der Waals surface area contributed by atoms with E-state index in [4.69, 9.17) is 9.84 Å². The van der Waals surface area contributed by atoms with Crippen molar-refractivity contribution in [1.82, 2.24) is 4.72 Å². The Bertz CT molecular complexity index is 523. The van der Waals surface area contributed by atoms with Crippen LogP contribution in [0.5, 0.6) is 0 Å². The number of ether oxygens (including phenoxy) is 1. The van der Waals surface area contributed by atoms with Crippen LogP contribution >= 0.6 is 27.3 Å². The van der Waals surface area contributed by atoms with Crippen molar-refractivity contribution in [2.75, 3.05) is 19.8 Å². The third-order valence-corrected chi connectivity index (χ3v) is 6.63. The van der Waals surface area contributed by atoms with Crippen LogP contribution < -0.4 is 4.72 Å². The second kappa shape index (κ2) is 6.64. The number of halogens is 1. The van der Waals surface area contributed by atoms with Gasteiger partial charge in [0, 0.05) is 18.0 Å². The molecule has 19 heavy (non-hydrogen) atoms. The van der Waals surface area contributed by atoms with E-state index in [9.17, 15) is 8.42 Å². The van der Waals surface area contributed by atoms with Gasteiger partial charge in [-0.15, -0.1) is 11.3 Å². The first kappa shape index (κ1) is 15.4. The van der Waals surface area contributed by atoms with Crippen LogP contribution in [0.15, 0.2) is 14.7 Å². The van der Waals surface area contributed by atoms with Gasteiger partial charge in [-0.3, -0.25) is 0 Å². The molecule has 8 heteroatoms. The summed E-state index contributed by atoms with van der Waals surface area (Å²) in [6, 6.07) is 1.49. The highest BCUT2D eigenvalue weighted by Gasteiger charge is 2.23. The Morgan fingerprint density at radius 3 is 2.95 bits per heavy atom. The van der Waals surface area contributed by atoms with Crippen LogP contribution in [0.2, 0.25) is 0 Å². The SMILES string of the molecule is O=S(=O)(NCC1CCCOC1)c1cc(CO)sc1Br. The summed E-state index contributed by atoms with van der Waals surface area (Å²) in [6.45, 7) is 1.60. The maximum atomic E-state index is 12.2. The van der Waals surface area contributed by atoms with E-state index in [2.05, 4.69) is 20.7 Å². The molecule has 1 unspecified atom stereocenters. The molecule has 0 aliphatic carbocycles. The Hall–Kier alpha value is 0.01000. The Morgan fingerprint density at radius 2 is 2.37 bits per heavy atom. The Morgan fingerprint density at radius 1 is 1.58 bits per heavy atom. The van der Waals surface area contributed by atoms with Gasteiger partial charge in [-0.25, -0.2) is 13.1 Å². The minimum Gasteiger partial charge on any atom is -0.391 e. The molecule has 2 N–H and O–H groups in total. The molecule has 1 aromatic rings. The zero-order valence-corrected chi connectivity index (χ0v) is 13.5. The van der Waals surface area contributed by atoms with Gasteiger partial charge in [0.1, 0.15) is 4.90 Å². The van der Waals surface area contributed by atoms with Crippen molar-refractivity contribution in [3.05, 3.63) is 14.7 Å². The van der Waals surface area contributed by atoms with Gasteiger partial charge in [0.05, 0.1) is 17.0 Å². The molecule has 2 heterocycles. The van der Waals surface area contributed by atoms with Crippen molar-refractivity contribution in [2.24, 2.45) is 5.92 Å². The van der Waals surface area contributed by atoms with Crippen molar-refractivity contribution < 1.29 is 18.3 Å². The summed E-state index contributed by atoms with van der Waals surface area (Å²) in [4.78, 5) is 0.812. The average molecular weight is 370 g/mol. The highest BCUT2D eigenvalue weighted by atomic mass is 79.9. The van der Waals surface area contributed by atoms with Crippen LogP contribution in [-0.2, 0) is 21.4 Å². The third-order valence-electron chi connectivity index (χ3n) is 2.97. The summed E-state index contributed by atoms with van der Waals surface area (Å²) in [5, 5.41) is 9.03. The molecule has 108 valence electrons. The lowest BCUT2D eigenvalue weighted by Gasteiger charge is -2.22. The summed E-state index contributed by atoms with van der Waals surface area (Å²) in [5.41, 5.74) is 0. The predicted molar refractivity (Wildman–Crippen MR) is 76.7 cm³/mol. The first-order valence-corrected chi connectivity index (χ1v) is 9.08. The van der Waals surface area contributed by atoms with E-state index in [1.807, 2.05) is 0 Å². The van der Waals surface area contributed by atoms with Crippen LogP contribution in [0.1, 0.15) is 17.7 Å². The third kappa shape index (κ3) is 3.99. The van der Waals surface area contributed by atoms with E-state index in [-0.39, 0.29) is 17.4 Å². The zero-order chi connectivity index (χ0) is 13.9. The van der Waals surface area contributed by atoms with E-state index in [0.717, 1.165) is 19.4 Å². The standard InChI is InChI=1S/C11H16BrNO4S2/c12-11-10(4-9(6-14)18-11)19(15,16)13-5-8-2-1-3-17-7-8/h4,8,13-14H,1-3,5-7H2. The number of nitrogens with one attached hydrogen (secondary N) is 1. The normalized spacial score (nSPS) is 20.6. The van der Waals surface area contributed by atoms with Crippen molar-refractivity contribution in [1.29, 1.82) is 0 Å². The molecule has 2 rings (SSSR count). The van der Waals surface area contributed by atoms with Crippen LogP contribution in [-0.4, -0.2) is 33.3 Å². The second-order valence-electron chi connectivity index (χ2n) is 4.44. The minimum absolute atomic E-state index is 0.157. The molecule has 1 aliphatic rings. The lowest BCUT2D eigenvalue weighted by Crippen LogP contribution is -2.33. The van der Waals surface area contributed by atoms with E-state index in [1.54, 1.807) is 0 Å². The van der Waals surface area contributed by atoms with E-state index in [1.165, 1.54) is 17.4 Å². The first-order valence-electron chi connectivity index (χ1n) is 5.99. The monoisotopic (exact) mass is 369 g/mol. The molecule has 0 amide bonds. The quantitative estimate of drug-likeness (QED) is 0.828. The summed E-state index contributed by atoms with van der Waals surface area (Å²) in [6.07, 6.45) is 1.96. The number of hydrogen-bond acceptors (Lipinski definition) is 5. The predicted octanol–water partition coefficient (Wildman–Crippen LogP) is 1.71. The van der Waals surface area contributed by atoms with Gasteiger partial charge in [-0.2, -0.15) is 0 Å². The maximum absolute atomic E-state index is 12.2. The molecule has 1 aliphatic heterocycles. The zero-order valence-electron chi connectivity index (χ0n) is 10.3. The number of thiophene rings is 1. The number of sulfonamides is 1. The molecule has 1 saturated heterocycles. The summed E-state index contributed by atoms with van der Waals surface area (Å²) in [7, 11) is -3.53. The molecule has 0 saturated carbocycles. The highest BCUT2D eigenvalue weighted by Crippen LogP contribution is 2.31. The molecule has 0 aromatic carbocycles. The molecule has 1 aromatic heterocycles. The van der Waals surface area contributed by atoms with Crippen LogP contribution in [0.4, 0.5) is 0 Å². The summed E-state index contributed by atoms with van der Waals surface area (Å²) >= 11 is 4.45. The fourth-order valence-corrected chi connectivity index (χ4v) is 5.59. The lowest BCUT2D eigenvalue weighted by molar-refractivity contribution is 0.0568. The largest absolute Gasteiger partial charge is 0.391 e. The van der Waals surface area contributed by atoms with E-state index < -0.39 is 10.0 Å². The van der Waals surface area contributed by atoms with Gasteiger partial charge in [-0.1, -0.05) is 0 Å². The average Bonchev–Trinajstić information content (AvgIpc) is 2.80. The van der Waals surface area contributed by atoms with Gasteiger partial charge in [-0.05, 0) is 40.8 Å². The lowest BCUT2D eigenvalue weighted by atomic mass is 10.0. The Balaban J connectivity index is 2.02. The van der Waals surface area contributed by atoms with Gasteiger partial charge in [0.25, 0.3) is 0 Å². The molecule has 0 bridgehead atoms. The van der Waals surface area contributed by atoms with Crippen molar-refractivity contribution in [3.8, 4) is 0 Å². The first-order chi connectivity index (χ1) is 9.03. The minimum atomic E-state index is -3.53. The van der Waals surface area contributed by atoms with Crippen molar-refractivity contribution in [3.63, 3.8) is 0 Å². The molecule has 1 atom stereocenters. The molecule has 0 spiro atoms. The Labute approximate surface area is 125 Å². The van der Waals surface area contributed by atoms with Crippen LogP contribution in [0.3, 0.4) is 0 Å². The number of hydrogen-bond donors (Lipinski definition) is 2. The van der Waals surface area contributed by atoms with E-state index in [0.29, 0.717) is 21.8 Å². The van der Waals surface area contributed by atoms with E-state index >= 15 is 0 Å². The fraction of sp³-hybridized carbons (Fsp3) is 0.636. The number of rotatable bonds is 5. The summed E-state index contributed by atoms with van der Waals surface area (Å²) < 4.78 is 32.8. The van der Waals surface area contributed by atoms with Gasteiger partial charge < -0.3 is 9.84 Å². The van der Waals surface area contributed by atoms with Crippen molar-refractivity contribution >= 4 is 37.3 Å². The Kier molecular flexibility index (Phi) is 5.38. The van der Waals surface area contributed by atoms with Crippen LogP contribution in [0.25, 0.3) is 0 Å². The molecule has 1 fully saturated rings. The molecule has 0 radical (unpaired) electrons. The number of aliphatic hydroxyl groups excluding tert-OH is 1. The highest BCUT2D eigenvalue weighted by molar-refractivity contribution is 9.11. The smallest absolute Gasteiger partial charge is 0.242 e. The number of aliphatic hydroxyl groups is 1. The fourth-order valence-electron chi connectivity index (χ4n) is 1.93. The topological polar surface area (TPSA) is 75.6 Å². The van der Waals surface area contributed by atoms with Crippen LogP contribution in [0, 0.1) is 5.92 Å². The molecular formula is C11H16BrNO4S2. The molecule has 5 nitrogen and oxygen atoms in total. The maximum Gasteiger partial charge on any atom is 0.242 e. The van der Waals surface area contributed by atoms with Gasteiger partial charge >= 0.3 is 0 Å². The second-order valence-corrected chi connectivity index (χ2v) is 8.63.